The molecule has 0 aromatic carbocycles. The number of carbonyl (C=O) groups excluding carboxylic acids is 1. The smallest absolute Gasteiger partial charge is 0.340 e. The number of esters is 1. The second kappa shape index (κ2) is 5.47. The van der Waals surface area contributed by atoms with E-state index in [2.05, 4.69) is 15.1 Å². The Morgan fingerprint density at radius 3 is 2.74 bits per heavy atom. The SMILES string of the molecule is COc1ccc(C(=O)OC(C)c2nc(C)no2)cn1. The molecule has 0 spiro atoms. The van der Waals surface area contributed by atoms with Gasteiger partial charge in [0.2, 0.25) is 5.88 Å². The van der Waals surface area contributed by atoms with Gasteiger partial charge in [0.15, 0.2) is 11.9 Å². The van der Waals surface area contributed by atoms with Crippen LogP contribution in [0.4, 0.5) is 0 Å². The Morgan fingerprint density at radius 2 is 2.21 bits per heavy atom. The van der Waals surface area contributed by atoms with Gasteiger partial charge in [-0.15, -0.1) is 0 Å². The molecule has 2 aromatic rings. The summed E-state index contributed by atoms with van der Waals surface area (Å²) in [6.45, 7) is 3.34. The second-order valence-corrected chi connectivity index (χ2v) is 3.82. The summed E-state index contributed by atoms with van der Waals surface area (Å²) in [6.07, 6.45) is 0.767. The number of hydrogen-bond donors (Lipinski definition) is 0. The highest BCUT2D eigenvalue weighted by molar-refractivity contribution is 5.89. The fourth-order valence-corrected chi connectivity index (χ4v) is 1.38. The Morgan fingerprint density at radius 1 is 1.42 bits per heavy atom. The highest BCUT2D eigenvalue weighted by Gasteiger charge is 2.19. The number of nitrogens with zero attached hydrogens (tertiary/aromatic N) is 3. The van der Waals surface area contributed by atoms with Gasteiger partial charge in [-0.05, 0) is 19.9 Å². The van der Waals surface area contributed by atoms with Gasteiger partial charge in [-0.2, -0.15) is 4.98 Å². The molecule has 2 aromatic heterocycles. The standard InChI is InChI=1S/C12H13N3O4/c1-7(11-14-8(2)15-19-11)18-12(16)9-4-5-10(17-3)13-6-9/h4-7H,1-3H3. The number of ether oxygens (including phenoxy) is 2. The van der Waals surface area contributed by atoms with E-state index in [-0.39, 0.29) is 5.89 Å². The van der Waals surface area contributed by atoms with Crippen molar-refractivity contribution in [3.63, 3.8) is 0 Å². The zero-order chi connectivity index (χ0) is 13.8. The van der Waals surface area contributed by atoms with Gasteiger partial charge in [0, 0.05) is 12.3 Å². The lowest BCUT2D eigenvalue weighted by molar-refractivity contribution is 0.0265. The van der Waals surface area contributed by atoms with Crippen LogP contribution in [-0.4, -0.2) is 28.2 Å². The predicted octanol–water partition coefficient (Wildman–Crippen LogP) is 1.70. The van der Waals surface area contributed by atoms with Crippen molar-refractivity contribution in [3.8, 4) is 5.88 Å². The van der Waals surface area contributed by atoms with Gasteiger partial charge < -0.3 is 14.0 Å². The largest absolute Gasteiger partial charge is 0.481 e. The Labute approximate surface area is 109 Å². The van der Waals surface area contributed by atoms with Crippen molar-refractivity contribution < 1.29 is 18.8 Å². The predicted molar refractivity (Wildman–Crippen MR) is 63.7 cm³/mol. The zero-order valence-electron chi connectivity index (χ0n) is 10.8. The minimum Gasteiger partial charge on any atom is -0.481 e. The molecule has 2 heterocycles. The van der Waals surface area contributed by atoms with Gasteiger partial charge >= 0.3 is 5.97 Å². The number of pyridine rings is 1. The Kier molecular flexibility index (Phi) is 3.74. The topological polar surface area (TPSA) is 87.3 Å². The molecular weight excluding hydrogens is 250 g/mol. The molecule has 7 heteroatoms. The van der Waals surface area contributed by atoms with E-state index in [1.807, 2.05) is 0 Å². The molecule has 0 bridgehead atoms. The molecule has 2 rings (SSSR count). The quantitative estimate of drug-likeness (QED) is 0.775. The molecule has 0 N–H and O–H groups in total. The molecule has 0 fully saturated rings. The van der Waals surface area contributed by atoms with Crippen LogP contribution in [-0.2, 0) is 4.74 Å². The molecule has 7 nitrogen and oxygen atoms in total. The monoisotopic (exact) mass is 263 g/mol. The van der Waals surface area contributed by atoms with Crippen LogP contribution in [0, 0.1) is 6.92 Å². The lowest BCUT2D eigenvalue weighted by atomic mass is 10.3. The first-order chi connectivity index (χ1) is 9.10. The lowest BCUT2D eigenvalue weighted by Gasteiger charge is -2.08. The van der Waals surface area contributed by atoms with Crippen molar-refractivity contribution in [3.05, 3.63) is 35.6 Å². The molecule has 1 unspecified atom stereocenters. The van der Waals surface area contributed by atoms with Crippen LogP contribution < -0.4 is 4.74 Å². The van der Waals surface area contributed by atoms with Gasteiger partial charge in [0.25, 0.3) is 5.89 Å². The molecular formula is C12H13N3O4. The normalized spacial score (nSPS) is 11.9. The van der Waals surface area contributed by atoms with Crippen LogP contribution in [0.2, 0.25) is 0 Å². The molecule has 19 heavy (non-hydrogen) atoms. The molecule has 0 saturated carbocycles. The summed E-state index contributed by atoms with van der Waals surface area (Å²) in [5.41, 5.74) is 0.323. The van der Waals surface area contributed by atoms with Crippen LogP contribution in [0.3, 0.4) is 0 Å². The van der Waals surface area contributed by atoms with Crippen molar-refractivity contribution in [2.24, 2.45) is 0 Å². The summed E-state index contributed by atoms with van der Waals surface area (Å²) in [6, 6.07) is 3.15. The van der Waals surface area contributed by atoms with Crippen molar-refractivity contribution in [2.45, 2.75) is 20.0 Å². The van der Waals surface area contributed by atoms with Gasteiger partial charge in [-0.1, -0.05) is 5.16 Å². The number of hydrogen-bond acceptors (Lipinski definition) is 7. The Hall–Kier alpha value is -2.44. The van der Waals surface area contributed by atoms with E-state index >= 15 is 0 Å². The highest BCUT2D eigenvalue weighted by Crippen LogP contribution is 2.17. The van der Waals surface area contributed by atoms with Crippen molar-refractivity contribution in [2.75, 3.05) is 7.11 Å². The van der Waals surface area contributed by atoms with Crippen LogP contribution in [0.25, 0.3) is 0 Å². The second-order valence-electron chi connectivity index (χ2n) is 3.82. The van der Waals surface area contributed by atoms with Gasteiger partial charge in [0.1, 0.15) is 0 Å². The van der Waals surface area contributed by atoms with Crippen molar-refractivity contribution in [1.82, 2.24) is 15.1 Å². The zero-order valence-corrected chi connectivity index (χ0v) is 10.8. The number of methoxy groups -OCH3 is 1. The summed E-state index contributed by atoms with van der Waals surface area (Å²) in [4.78, 5) is 19.8. The number of aryl methyl sites for hydroxylation is 1. The fraction of sp³-hybridized carbons (Fsp3) is 0.333. The fourth-order valence-electron chi connectivity index (χ4n) is 1.38. The molecule has 0 amide bonds. The summed E-state index contributed by atoms with van der Waals surface area (Å²) >= 11 is 0. The first kappa shape index (κ1) is 13.0. The van der Waals surface area contributed by atoms with Crippen LogP contribution in [0.15, 0.2) is 22.9 Å². The summed E-state index contributed by atoms with van der Waals surface area (Å²) in [7, 11) is 1.50. The van der Waals surface area contributed by atoms with E-state index in [0.29, 0.717) is 17.3 Å². The first-order valence-electron chi connectivity index (χ1n) is 5.61. The Bertz CT molecular complexity index is 565. The van der Waals surface area contributed by atoms with Gasteiger partial charge in [0.05, 0.1) is 12.7 Å². The van der Waals surface area contributed by atoms with Crippen LogP contribution in [0.1, 0.15) is 35.1 Å². The average Bonchev–Trinajstić information content (AvgIpc) is 2.85. The molecule has 1 atom stereocenters. The van der Waals surface area contributed by atoms with E-state index in [1.54, 1.807) is 26.0 Å². The van der Waals surface area contributed by atoms with Crippen LogP contribution >= 0.6 is 0 Å². The van der Waals surface area contributed by atoms with E-state index in [1.165, 1.54) is 13.3 Å². The van der Waals surface area contributed by atoms with Gasteiger partial charge in [-0.25, -0.2) is 9.78 Å². The first-order valence-corrected chi connectivity index (χ1v) is 5.61. The third kappa shape index (κ3) is 3.06. The minimum absolute atomic E-state index is 0.257. The van der Waals surface area contributed by atoms with E-state index in [0.717, 1.165) is 0 Å². The van der Waals surface area contributed by atoms with Crippen LogP contribution in [0.5, 0.6) is 5.88 Å². The molecule has 0 aliphatic rings. The van der Waals surface area contributed by atoms with E-state index in [4.69, 9.17) is 14.0 Å². The number of carbonyl (C=O) groups is 1. The van der Waals surface area contributed by atoms with Crippen molar-refractivity contribution in [1.29, 1.82) is 0 Å². The summed E-state index contributed by atoms with van der Waals surface area (Å²) in [5, 5.41) is 3.63. The molecule has 100 valence electrons. The van der Waals surface area contributed by atoms with E-state index < -0.39 is 12.1 Å². The van der Waals surface area contributed by atoms with E-state index in [9.17, 15) is 4.79 Å². The third-order valence-electron chi connectivity index (χ3n) is 2.36. The summed E-state index contributed by atoms with van der Waals surface area (Å²) in [5.74, 6) is 0.659. The summed E-state index contributed by atoms with van der Waals surface area (Å²) < 4.78 is 15.0. The molecule has 0 aliphatic carbocycles. The number of aromatic nitrogens is 3. The maximum Gasteiger partial charge on any atom is 0.340 e. The number of rotatable bonds is 4. The maximum absolute atomic E-state index is 11.8. The molecule has 0 aliphatic heterocycles. The van der Waals surface area contributed by atoms with Gasteiger partial charge in [-0.3, -0.25) is 0 Å². The van der Waals surface area contributed by atoms with Crippen molar-refractivity contribution >= 4 is 5.97 Å². The maximum atomic E-state index is 11.8. The highest BCUT2D eigenvalue weighted by atomic mass is 16.6. The Balaban J connectivity index is 2.03. The molecule has 0 saturated heterocycles. The average molecular weight is 263 g/mol. The third-order valence-corrected chi connectivity index (χ3v) is 2.36. The lowest BCUT2D eigenvalue weighted by Crippen LogP contribution is -2.10. The minimum atomic E-state index is -0.615. The molecule has 0 radical (unpaired) electrons.